The van der Waals surface area contributed by atoms with Gasteiger partial charge in [0.1, 0.15) is 25.7 Å². The molecule has 0 spiro atoms. The Morgan fingerprint density at radius 1 is 1.62 bits per heavy atom. The molecule has 0 saturated carbocycles. The highest BCUT2D eigenvalue weighted by Crippen LogP contribution is 2.49. The third-order valence-corrected chi connectivity index (χ3v) is 3.17. The molecule has 4 atom stereocenters. The molecule has 16 heavy (non-hydrogen) atoms. The third kappa shape index (κ3) is 2.07. The van der Waals surface area contributed by atoms with Crippen molar-refractivity contribution in [3.05, 3.63) is 0 Å². The van der Waals surface area contributed by atoms with Crippen LogP contribution in [-0.4, -0.2) is 61.8 Å². The summed E-state index contributed by atoms with van der Waals surface area (Å²) in [6.45, 7) is 0.242. The molecule has 2 unspecified atom stereocenters. The molecular formula is C7H12BO7P. The zero-order valence-electron chi connectivity index (χ0n) is 8.61. The summed E-state index contributed by atoms with van der Waals surface area (Å²) in [6.07, 6.45) is -1.59. The standard InChI is InChI=1S/C7H12BO7P/c1-12-2-7-3-13-4(6(8)14-7)5(7)15-16(9,10)11/h4-6H,2-3H2,1H3,(H2,9,10,11)/t4?,5?,6-,7+/m1/s1. The second-order valence-electron chi connectivity index (χ2n) is 3.87. The van der Waals surface area contributed by atoms with Gasteiger partial charge in [-0.05, 0) is 0 Å². The summed E-state index contributed by atoms with van der Waals surface area (Å²) >= 11 is 0. The Kier molecular flexibility index (Phi) is 3.18. The van der Waals surface area contributed by atoms with Crippen LogP contribution in [0.15, 0.2) is 0 Å². The van der Waals surface area contributed by atoms with E-state index in [-0.39, 0.29) is 13.2 Å². The van der Waals surface area contributed by atoms with Crippen molar-refractivity contribution >= 4 is 15.7 Å². The maximum atomic E-state index is 10.8. The average Bonchev–Trinajstić information content (AvgIpc) is 2.54. The molecule has 9 heteroatoms. The van der Waals surface area contributed by atoms with E-state index in [1.807, 2.05) is 0 Å². The summed E-state index contributed by atoms with van der Waals surface area (Å²) in [6, 6.07) is -0.763. The van der Waals surface area contributed by atoms with Gasteiger partial charge in [-0.15, -0.1) is 0 Å². The summed E-state index contributed by atoms with van der Waals surface area (Å²) in [5.41, 5.74) is -1.03. The first-order valence-corrected chi connectivity index (χ1v) is 6.19. The Balaban J connectivity index is 2.19. The maximum absolute atomic E-state index is 10.8. The number of hydrogen-bond donors (Lipinski definition) is 2. The first-order chi connectivity index (χ1) is 7.38. The molecule has 2 aliphatic rings. The van der Waals surface area contributed by atoms with Crippen LogP contribution in [0.25, 0.3) is 0 Å². The van der Waals surface area contributed by atoms with Gasteiger partial charge in [-0.2, -0.15) is 0 Å². The van der Waals surface area contributed by atoms with E-state index in [4.69, 9.17) is 31.8 Å². The highest BCUT2D eigenvalue weighted by Gasteiger charge is 2.62. The lowest BCUT2D eigenvalue weighted by molar-refractivity contribution is -0.141. The maximum Gasteiger partial charge on any atom is 0.470 e. The third-order valence-electron chi connectivity index (χ3n) is 2.67. The zero-order chi connectivity index (χ0) is 12.0. The minimum atomic E-state index is -4.61. The van der Waals surface area contributed by atoms with Crippen LogP contribution < -0.4 is 0 Å². The van der Waals surface area contributed by atoms with E-state index in [0.29, 0.717) is 0 Å². The zero-order valence-corrected chi connectivity index (χ0v) is 9.50. The van der Waals surface area contributed by atoms with Crippen LogP contribution in [0.5, 0.6) is 0 Å². The van der Waals surface area contributed by atoms with Crippen molar-refractivity contribution in [2.75, 3.05) is 20.3 Å². The normalized spacial score (nSPS) is 42.8. The smallest absolute Gasteiger partial charge is 0.381 e. The second-order valence-corrected chi connectivity index (χ2v) is 5.06. The number of rotatable bonds is 4. The first-order valence-electron chi connectivity index (χ1n) is 4.66. The SMILES string of the molecule is [B][C@@H]1O[C@@]2(COC)COC1C2OP(=O)(O)O. The molecule has 0 amide bonds. The Morgan fingerprint density at radius 3 is 2.81 bits per heavy atom. The van der Waals surface area contributed by atoms with Crippen molar-refractivity contribution in [1.82, 2.24) is 0 Å². The van der Waals surface area contributed by atoms with E-state index in [9.17, 15) is 4.57 Å². The Bertz CT molecular complexity index is 320. The monoisotopic (exact) mass is 250 g/mol. The lowest BCUT2D eigenvalue weighted by Gasteiger charge is -2.29. The van der Waals surface area contributed by atoms with E-state index < -0.39 is 31.6 Å². The van der Waals surface area contributed by atoms with E-state index in [0.717, 1.165) is 0 Å². The minimum Gasteiger partial charge on any atom is -0.381 e. The van der Waals surface area contributed by atoms with Gasteiger partial charge in [0, 0.05) is 13.1 Å². The van der Waals surface area contributed by atoms with Gasteiger partial charge in [-0.25, -0.2) is 4.57 Å². The molecule has 2 fully saturated rings. The van der Waals surface area contributed by atoms with Gasteiger partial charge >= 0.3 is 7.82 Å². The van der Waals surface area contributed by atoms with Crippen LogP contribution in [0.1, 0.15) is 0 Å². The van der Waals surface area contributed by atoms with Gasteiger partial charge in [0.05, 0.1) is 13.2 Å². The summed E-state index contributed by atoms with van der Waals surface area (Å²) in [5, 5.41) is 0. The van der Waals surface area contributed by atoms with E-state index in [1.165, 1.54) is 7.11 Å². The molecule has 90 valence electrons. The predicted molar refractivity (Wildman–Crippen MR) is 51.9 cm³/mol. The van der Waals surface area contributed by atoms with Crippen molar-refractivity contribution in [3.8, 4) is 0 Å². The largest absolute Gasteiger partial charge is 0.470 e. The highest BCUT2D eigenvalue weighted by atomic mass is 31.2. The molecule has 0 aromatic heterocycles. The van der Waals surface area contributed by atoms with Crippen molar-refractivity contribution in [1.29, 1.82) is 0 Å². The van der Waals surface area contributed by atoms with Gasteiger partial charge in [-0.1, -0.05) is 0 Å². The van der Waals surface area contributed by atoms with Crippen molar-refractivity contribution < 1.29 is 33.1 Å². The molecule has 2 aliphatic heterocycles. The van der Waals surface area contributed by atoms with Crippen LogP contribution in [0.4, 0.5) is 0 Å². The second kappa shape index (κ2) is 4.06. The van der Waals surface area contributed by atoms with Crippen LogP contribution in [0.3, 0.4) is 0 Å². The predicted octanol–water partition coefficient (Wildman–Crippen LogP) is -1.23. The van der Waals surface area contributed by atoms with Crippen LogP contribution in [0.2, 0.25) is 0 Å². The molecule has 2 saturated heterocycles. The number of fused-ring (bicyclic) bond motifs is 2. The topological polar surface area (TPSA) is 94.5 Å². The number of ether oxygens (including phenoxy) is 3. The van der Waals surface area contributed by atoms with Crippen LogP contribution >= 0.6 is 7.82 Å². The quantitative estimate of drug-likeness (QED) is 0.476. The summed E-state index contributed by atoms with van der Waals surface area (Å²) in [4.78, 5) is 17.6. The number of phosphoric ester groups is 1. The van der Waals surface area contributed by atoms with Gasteiger partial charge in [-0.3, -0.25) is 4.52 Å². The Morgan fingerprint density at radius 2 is 2.31 bits per heavy atom. The van der Waals surface area contributed by atoms with E-state index in [1.54, 1.807) is 0 Å². The Hall–Kier alpha value is 0.0549. The molecule has 2 radical (unpaired) electrons. The Labute approximate surface area is 93.7 Å². The van der Waals surface area contributed by atoms with Gasteiger partial charge in [0.2, 0.25) is 0 Å². The van der Waals surface area contributed by atoms with Gasteiger partial charge in [0.15, 0.2) is 0 Å². The van der Waals surface area contributed by atoms with Crippen molar-refractivity contribution in [2.24, 2.45) is 0 Å². The molecule has 2 bridgehead atoms. The first kappa shape index (κ1) is 12.5. The molecule has 0 aromatic carbocycles. The van der Waals surface area contributed by atoms with Crippen molar-refractivity contribution in [2.45, 2.75) is 23.8 Å². The number of methoxy groups -OCH3 is 1. The molecule has 2 heterocycles. The highest BCUT2D eigenvalue weighted by molar-refractivity contribution is 7.46. The fourth-order valence-corrected chi connectivity index (χ4v) is 2.73. The number of hydrogen-bond acceptors (Lipinski definition) is 5. The van der Waals surface area contributed by atoms with Crippen LogP contribution in [-0.2, 0) is 23.3 Å². The average molecular weight is 250 g/mol. The molecule has 2 N–H and O–H groups in total. The minimum absolute atomic E-state index is 0.0991. The van der Waals surface area contributed by atoms with E-state index in [2.05, 4.69) is 4.52 Å². The fraction of sp³-hybridized carbons (Fsp3) is 1.00. The molecular weight excluding hydrogens is 238 g/mol. The number of phosphoric acid groups is 1. The summed E-state index contributed by atoms with van der Waals surface area (Å²) in [5.74, 6) is 0. The van der Waals surface area contributed by atoms with Crippen molar-refractivity contribution in [3.63, 3.8) is 0 Å². The lowest BCUT2D eigenvalue weighted by atomic mass is 9.92. The molecule has 0 aliphatic carbocycles. The van der Waals surface area contributed by atoms with Gasteiger partial charge < -0.3 is 24.0 Å². The lowest BCUT2D eigenvalue weighted by Crippen LogP contribution is -2.45. The van der Waals surface area contributed by atoms with Gasteiger partial charge in [0.25, 0.3) is 0 Å². The molecule has 7 nitrogen and oxygen atoms in total. The molecule has 2 rings (SSSR count). The summed E-state index contributed by atoms with van der Waals surface area (Å²) in [7, 11) is 2.44. The van der Waals surface area contributed by atoms with Crippen LogP contribution in [0, 0.1) is 0 Å². The molecule has 0 aromatic rings. The van der Waals surface area contributed by atoms with E-state index >= 15 is 0 Å². The fourth-order valence-electron chi connectivity index (χ4n) is 2.12. The summed E-state index contributed by atoms with van der Waals surface area (Å²) < 4.78 is 31.1.